The Labute approximate surface area is 181 Å². The summed E-state index contributed by atoms with van der Waals surface area (Å²) < 4.78 is 0. The number of halogens is 1. The Morgan fingerprint density at radius 3 is 2.63 bits per heavy atom. The minimum Gasteiger partial charge on any atom is -0.507 e. The zero-order chi connectivity index (χ0) is 22.0. The highest BCUT2D eigenvalue weighted by Gasteiger charge is 2.46. The maximum atomic E-state index is 13.0. The highest BCUT2D eigenvalue weighted by atomic mass is 35.5. The van der Waals surface area contributed by atoms with Gasteiger partial charge in [0.2, 0.25) is 0 Å². The molecule has 0 bridgehead atoms. The van der Waals surface area contributed by atoms with Crippen molar-refractivity contribution in [3.05, 3.63) is 63.7 Å². The standard InChI is InChI=1S/C22H25ClN4O3/c1-13-17(12-24-14(2)25-13)20(28)18-19(15-7-5-8-16(23)11-15)27(22(30)21(18)29)10-6-9-26(3)4/h5,7-8,11-12,19,28H,6,9-10H2,1-4H3/b20-18+/t19-/m1/s1. The van der Waals surface area contributed by atoms with Gasteiger partial charge in [-0.15, -0.1) is 0 Å². The molecule has 0 unspecified atom stereocenters. The largest absolute Gasteiger partial charge is 0.507 e. The molecule has 0 spiro atoms. The van der Waals surface area contributed by atoms with Gasteiger partial charge < -0.3 is 14.9 Å². The molecule has 8 heteroatoms. The van der Waals surface area contributed by atoms with Crippen LogP contribution in [0.15, 0.2) is 36.0 Å². The molecule has 1 aromatic heterocycles. The first kappa shape index (κ1) is 21.9. The fraction of sp³-hybridized carbons (Fsp3) is 0.364. The number of aryl methyl sites for hydroxylation is 2. The van der Waals surface area contributed by atoms with E-state index in [1.165, 1.54) is 11.1 Å². The average molecular weight is 429 g/mol. The number of aromatic nitrogens is 2. The number of ketones is 1. The van der Waals surface area contributed by atoms with Crippen LogP contribution in [0.25, 0.3) is 5.76 Å². The third-order valence-electron chi connectivity index (χ3n) is 5.06. The first-order chi connectivity index (χ1) is 14.2. The molecule has 0 aliphatic carbocycles. The number of rotatable bonds is 6. The summed E-state index contributed by atoms with van der Waals surface area (Å²) >= 11 is 6.18. The Kier molecular flexibility index (Phi) is 6.53. The number of hydrogen-bond acceptors (Lipinski definition) is 6. The molecule has 0 radical (unpaired) electrons. The summed E-state index contributed by atoms with van der Waals surface area (Å²) in [4.78, 5) is 37.8. The molecule has 158 valence electrons. The van der Waals surface area contributed by atoms with E-state index in [0.29, 0.717) is 40.6 Å². The van der Waals surface area contributed by atoms with Crippen molar-refractivity contribution in [3.63, 3.8) is 0 Å². The molecule has 2 heterocycles. The summed E-state index contributed by atoms with van der Waals surface area (Å²) in [7, 11) is 3.89. The van der Waals surface area contributed by atoms with Gasteiger partial charge in [-0.25, -0.2) is 9.97 Å². The predicted octanol–water partition coefficient (Wildman–Crippen LogP) is 3.12. The van der Waals surface area contributed by atoms with Gasteiger partial charge in [-0.1, -0.05) is 23.7 Å². The smallest absolute Gasteiger partial charge is 0.295 e. The molecule has 1 fully saturated rings. The van der Waals surface area contributed by atoms with Crippen LogP contribution in [0, 0.1) is 13.8 Å². The number of aliphatic hydroxyl groups is 1. The molecule has 1 saturated heterocycles. The molecule has 1 atom stereocenters. The second-order valence-corrected chi connectivity index (χ2v) is 8.06. The fourth-order valence-corrected chi connectivity index (χ4v) is 3.85. The highest BCUT2D eigenvalue weighted by Crippen LogP contribution is 2.40. The lowest BCUT2D eigenvalue weighted by atomic mass is 9.95. The number of carbonyl (C=O) groups excluding carboxylic acids is 2. The number of carbonyl (C=O) groups is 2. The van der Waals surface area contributed by atoms with Crippen molar-refractivity contribution in [2.45, 2.75) is 26.3 Å². The van der Waals surface area contributed by atoms with Crippen molar-refractivity contribution in [3.8, 4) is 0 Å². The van der Waals surface area contributed by atoms with Gasteiger partial charge in [0, 0.05) is 17.8 Å². The van der Waals surface area contributed by atoms with Gasteiger partial charge in [-0.05, 0) is 58.6 Å². The summed E-state index contributed by atoms with van der Waals surface area (Å²) in [6.07, 6.45) is 2.16. The van der Waals surface area contributed by atoms with Crippen molar-refractivity contribution in [2.24, 2.45) is 0 Å². The SMILES string of the molecule is Cc1ncc(/C(O)=C2\C(=O)C(=O)N(CCCN(C)C)[C@@H]2c2cccc(Cl)c2)c(C)n1. The lowest BCUT2D eigenvalue weighted by Crippen LogP contribution is -2.32. The molecule has 1 aromatic carbocycles. The van der Waals surface area contributed by atoms with Crippen molar-refractivity contribution in [1.82, 2.24) is 19.8 Å². The van der Waals surface area contributed by atoms with E-state index < -0.39 is 17.7 Å². The molecule has 2 aromatic rings. The van der Waals surface area contributed by atoms with Crippen LogP contribution >= 0.6 is 11.6 Å². The van der Waals surface area contributed by atoms with Crippen LogP contribution in [0.1, 0.15) is 35.1 Å². The van der Waals surface area contributed by atoms with Crippen molar-refractivity contribution in [2.75, 3.05) is 27.2 Å². The van der Waals surface area contributed by atoms with Crippen LogP contribution in [0.5, 0.6) is 0 Å². The Balaban J connectivity index is 2.13. The topological polar surface area (TPSA) is 86.6 Å². The van der Waals surface area contributed by atoms with E-state index in [1.54, 1.807) is 38.1 Å². The van der Waals surface area contributed by atoms with Gasteiger partial charge in [0.25, 0.3) is 11.7 Å². The molecule has 7 nitrogen and oxygen atoms in total. The van der Waals surface area contributed by atoms with Crippen LogP contribution < -0.4 is 0 Å². The molecule has 0 saturated carbocycles. The summed E-state index contributed by atoms with van der Waals surface area (Å²) in [5.41, 5.74) is 1.56. The third-order valence-corrected chi connectivity index (χ3v) is 5.30. The normalized spacial score (nSPS) is 18.5. The van der Waals surface area contributed by atoms with E-state index in [1.807, 2.05) is 19.0 Å². The summed E-state index contributed by atoms with van der Waals surface area (Å²) in [5.74, 6) is -1.07. The second kappa shape index (κ2) is 8.93. The Hall–Kier alpha value is -2.77. The van der Waals surface area contributed by atoms with Crippen molar-refractivity contribution < 1.29 is 14.7 Å². The lowest BCUT2D eigenvalue weighted by molar-refractivity contribution is -0.139. The highest BCUT2D eigenvalue weighted by molar-refractivity contribution is 6.46. The number of likely N-dealkylation sites (tertiary alicyclic amines) is 1. The Morgan fingerprint density at radius 2 is 2.00 bits per heavy atom. The van der Waals surface area contributed by atoms with Gasteiger partial charge in [-0.3, -0.25) is 9.59 Å². The van der Waals surface area contributed by atoms with Gasteiger partial charge >= 0.3 is 0 Å². The maximum Gasteiger partial charge on any atom is 0.295 e. The minimum atomic E-state index is -0.730. The molecule has 1 aliphatic heterocycles. The minimum absolute atomic E-state index is 0.0303. The summed E-state index contributed by atoms with van der Waals surface area (Å²) in [6, 6.07) is 6.27. The number of amides is 1. The number of hydrogen-bond donors (Lipinski definition) is 1. The predicted molar refractivity (Wildman–Crippen MR) is 115 cm³/mol. The molecular formula is C22H25ClN4O3. The third kappa shape index (κ3) is 4.37. The summed E-state index contributed by atoms with van der Waals surface area (Å²) in [6.45, 7) is 4.61. The lowest BCUT2D eigenvalue weighted by Gasteiger charge is -2.26. The molecule has 30 heavy (non-hydrogen) atoms. The van der Waals surface area contributed by atoms with E-state index in [9.17, 15) is 14.7 Å². The van der Waals surface area contributed by atoms with E-state index in [-0.39, 0.29) is 11.3 Å². The van der Waals surface area contributed by atoms with E-state index >= 15 is 0 Å². The van der Waals surface area contributed by atoms with Gasteiger partial charge in [-0.2, -0.15) is 0 Å². The summed E-state index contributed by atoms with van der Waals surface area (Å²) in [5, 5.41) is 11.6. The second-order valence-electron chi connectivity index (χ2n) is 7.62. The number of benzene rings is 1. The van der Waals surface area contributed by atoms with Gasteiger partial charge in [0.05, 0.1) is 22.9 Å². The fourth-order valence-electron chi connectivity index (χ4n) is 3.65. The van der Waals surface area contributed by atoms with Crippen LogP contribution in [0.4, 0.5) is 0 Å². The maximum absolute atomic E-state index is 13.0. The number of aliphatic hydroxyl groups excluding tert-OH is 1. The molecule has 3 rings (SSSR count). The van der Waals surface area contributed by atoms with Crippen molar-refractivity contribution in [1.29, 1.82) is 0 Å². The quantitative estimate of drug-likeness (QED) is 0.432. The first-order valence-electron chi connectivity index (χ1n) is 9.70. The van der Waals surface area contributed by atoms with Crippen molar-refractivity contribution >= 4 is 29.1 Å². The number of Topliss-reactive ketones (excluding diaryl/α,β-unsaturated/α-hetero) is 1. The Morgan fingerprint density at radius 1 is 1.27 bits per heavy atom. The van der Waals surface area contributed by atoms with Crippen LogP contribution in [-0.2, 0) is 9.59 Å². The van der Waals surface area contributed by atoms with E-state index in [4.69, 9.17) is 11.6 Å². The van der Waals surface area contributed by atoms with E-state index in [2.05, 4.69) is 9.97 Å². The Bertz CT molecular complexity index is 1020. The van der Waals surface area contributed by atoms with Crippen LogP contribution in [0.2, 0.25) is 5.02 Å². The molecule has 1 N–H and O–H groups in total. The molecular weight excluding hydrogens is 404 g/mol. The van der Waals surface area contributed by atoms with Gasteiger partial charge in [0.15, 0.2) is 0 Å². The zero-order valence-electron chi connectivity index (χ0n) is 17.5. The zero-order valence-corrected chi connectivity index (χ0v) is 18.3. The van der Waals surface area contributed by atoms with Crippen LogP contribution in [-0.4, -0.2) is 63.7 Å². The first-order valence-corrected chi connectivity index (χ1v) is 10.1. The van der Waals surface area contributed by atoms with E-state index in [0.717, 1.165) is 6.54 Å². The molecule has 1 aliphatic rings. The number of nitrogens with zero attached hydrogens (tertiary/aromatic N) is 4. The monoisotopic (exact) mass is 428 g/mol. The average Bonchev–Trinajstić information content (AvgIpc) is 2.92. The van der Waals surface area contributed by atoms with Crippen LogP contribution in [0.3, 0.4) is 0 Å². The van der Waals surface area contributed by atoms with Gasteiger partial charge in [0.1, 0.15) is 11.6 Å². The molecule has 1 amide bonds.